The SMILES string of the molecule is CN1C[C@H](C(=O)N2CCN(c3cccc(Cl)c3)C(=O)C2)NC1=O. The van der Waals surface area contributed by atoms with Gasteiger partial charge in [-0.15, -0.1) is 0 Å². The first-order valence-corrected chi connectivity index (χ1v) is 7.70. The Morgan fingerprint density at radius 2 is 2.09 bits per heavy atom. The van der Waals surface area contributed by atoms with E-state index < -0.39 is 6.04 Å². The van der Waals surface area contributed by atoms with Crippen molar-refractivity contribution in [1.82, 2.24) is 15.1 Å². The summed E-state index contributed by atoms with van der Waals surface area (Å²) in [5, 5.41) is 3.18. The van der Waals surface area contributed by atoms with Crippen molar-refractivity contribution < 1.29 is 14.4 Å². The second-order valence-electron chi connectivity index (χ2n) is 5.67. The molecule has 3 rings (SSSR count). The Morgan fingerprint density at radius 1 is 1.30 bits per heavy atom. The number of nitrogens with one attached hydrogen (secondary N) is 1. The topological polar surface area (TPSA) is 73.0 Å². The molecule has 2 saturated heterocycles. The molecule has 0 radical (unpaired) electrons. The summed E-state index contributed by atoms with van der Waals surface area (Å²) in [6.07, 6.45) is 0. The zero-order chi connectivity index (χ0) is 16.6. The number of rotatable bonds is 2. The quantitative estimate of drug-likeness (QED) is 0.856. The summed E-state index contributed by atoms with van der Waals surface area (Å²) in [6.45, 7) is 1.15. The van der Waals surface area contributed by atoms with Gasteiger partial charge >= 0.3 is 6.03 Å². The summed E-state index contributed by atoms with van der Waals surface area (Å²) < 4.78 is 0. The first kappa shape index (κ1) is 15.6. The van der Waals surface area contributed by atoms with Crippen LogP contribution in [-0.4, -0.2) is 66.9 Å². The fourth-order valence-electron chi connectivity index (χ4n) is 2.80. The molecule has 0 aliphatic carbocycles. The Balaban J connectivity index is 1.66. The van der Waals surface area contributed by atoms with Crippen LogP contribution in [0.2, 0.25) is 5.02 Å². The first-order chi connectivity index (χ1) is 11.0. The molecular weight excluding hydrogens is 320 g/mol. The molecule has 0 bridgehead atoms. The van der Waals surface area contributed by atoms with Crippen molar-refractivity contribution in [3.63, 3.8) is 0 Å². The molecule has 7 nitrogen and oxygen atoms in total. The maximum absolute atomic E-state index is 12.4. The van der Waals surface area contributed by atoms with Gasteiger partial charge in [0, 0.05) is 30.8 Å². The largest absolute Gasteiger partial charge is 0.330 e. The van der Waals surface area contributed by atoms with Gasteiger partial charge in [0.2, 0.25) is 11.8 Å². The third-order valence-electron chi connectivity index (χ3n) is 4.05. The molecular formula is C15H17ClN4O3. The number of piperazine rings is 1. The number of carbonyl (C=O) groups is 3. The molecule has 1 N–H and O–H groups in total. The molecule has 2 heterocycles. The van der Waals surface area contributed by atoms with Gasteiger partial charge in [-0.05, 0) is 18.2 Å². The molecule has 23 heavy (non-hydrogen) atoms. The van der Waals surface area contributed by atoms with Crippen molar-refractivity contribution in [3.05, 3.63) is 29.3 Å². The van der Waals surface area contributed by atoms with Crippen LogP contribution in [0.1, 0.15) is 0 Å². The summed E-state index contributed by atoms with van der Waals surface area (Å²) >= 11 is 5.96. The monoisotopic (exact) mass is 336 g/mol. The maximum Gasteiger partial charge on any atom is 0.317 e. The van der Waals surface area contributed by atoms with Crippen LogP contribution in [0.3, 0.4) is 0 Å². The molecule has 1 aromatic rings. The maximum atomic E-state index is 12.4. The van der Waals surface area contributed by atoms with E-state index in [0.717, 1.165) is 5.69 Å². The molecule has 4 amide bonds. The fourth-order valence-corrected chi connectivity index (χ4v) is 2.98. The van der Waals surface area contributed by atoms with E-state index >= 15 is 0 Å². The molecule has 1 atom stereocenters. The highest BCUT2D eigenvalue weighted by Crippen LogP contribution is 2.21. The Morgan fingerprint density at radius 3 is 2.70 bits per heavy atom. The third-order valence-corrected chi connectivity index (χ3v) is 4.29. The van der Waals surface area contributed by atoms with Gasteiger partial charge in [-0.25, -0.2) is 4.79 Å². The minimum atomic E-state index is -0.585. The predicted molar refractivity (Wildman–Crippen MR) is 85.3 cm³/mol. The van der Waals surface area contributed by atoms with Gasteiger partial charge in [0.15, 0.2) is 0 Å². The van der Waals surface area contributed by atoms with Crippen LogP contribution in [0.5, 0.6) is 0 Å². The number of benzene rings is 1. The van der Waals surface area contributed by atoms with E-state index in [1.54, 1.807) is 30.1 Å². The zero-order valence-electron chi connectivity index (χ0n) is 12.7. The van der Waals surface area contributed by atoms with E-state index in [4.69, 9.17) is 11.6 Å². The Bertz CT molecular complexity index is 666. The Hall–Kier alpha value is -2.28. The van der Waals surface area contributed by atoms with Crippen molar-refractivity contribution >= 4 is 35.1 Å². The minimum absolute atomic E-state index is 0.00142. The van der Waals surface area contributed by atoms with Crippen LogP contribution < -0.4 is 10.2 Å². The van der Waals surface area contributed by atoms with Crippen molar-refractivity contribution in [2.45, 2.75) is 6.04 Å². The van der Waals surface area contributed by atoms with Crippen molar-refractivity contribution in [2.75, 3.05) is 38.1 Å². The highest BCUT2D eigenvalue weighted by molar-refractivity contribution is 6.30. The Labute approximate surface area is 138 Å². The molecule has 2 aliphatic rings. The second kappa shape index (κ2) is 6.08. The summed E-state index contributed by atoms with van der Waals surface area (Å²) in [6, 6.07) is 6.21. The van der Waals surface area contributed by atoms with E-state index in [0.29, 0.717) is 24.7 Å². The number of carbonyl (C=O) groups excluding carboxylic acids is 3. The van der Waals surface area contributed by atoms with Gasteiger partial charge in [0.05, 0.1) is 6.54 Å². The van der Waals surface area contributed by atoms with Gasteiger partial charge in [-0.1, -0.05) is 17.7 Å². The Kier molecular flexibility index (Phi) is 4.12. The van der Waals surface area contributed by atoms with E-state index in [2.05, 4.69) is 5.32 Å². The summed E-state index contributed by atoms with van der Waals surface area (Å²) in [4.78, 5) is 40.8. The lowest BCUT2D eigenvalue weighted by molar-refractivity contribution is -0.138. The summed E-state index contributed by atoms with van der Waals surface area (Å²) in [7, 11) is 1.63. The smallest absolute Gasteiger partial charge is 0.317 e. The number of anilines is 1. The van der Waals surface area contributed by atoms with Crippen molar-refractivity contribution in [3.8, 4) is 0 Å². The van der Waals surface area contributed by atoms with Crippen LogP contribution >= 0.6 is 11.6 Å². The number of halogens is 1. The summed E-state index contributed by atoms with van der Waals surface area (Å²) in [5.74, 6) is -0.383. The van der Waals surface area contributed by atoms with Crippen LogP contribution in [0, 0.1) is 0 Å². The number of hydrogen-bond acceptors (Lipinski definition) is 3. The minimum Gasteiger partial charge on any atom is -0.330 e. The van der Waals surface area contributed by atoms with E-state index in [-0.39, 0.29) is 24.4 Å². The number of urea groups is 1. The van der Waals surface area contributed by atoms with Gasteiger partial charge < -0.3 is 20.0 Å². The van der Waals surface area contributed by atoms with E-state index in [9.17, 15) is 14.4 Å². The summed E-state index contributed by atoms with van der Waals surface area (Å²) in [5.41, 5.74) is 0.725. The molecule has 0 spiro atoms. The number of hydrogen-bond donors (Lipinski definition) is 1. The number of likely N-dealkylation sites (N-methyl/N-ethyl adjacent to an activating group) is 1. The first-order valence-electron chi connectivity index (χ1n) is 7.32. The molecule has 0 aromatic heterocycles. The lowest BCUT2D eigenvalue weighted by Crippen LogP contribution is -2.56. The fraction of sp³-hybridized carbons (Fsp3) is 0.400. The van der Waals surface area contributed by atoms with Crippen LogP contribution in [0.25, 0.3) is 0 Å². The highest BCUT2D eigenvalue weighted by atomic mass is 35.5. The van der Waals surface area contributed by atoms with Crippen LogP contribution in [0.4, 0.5) is 10.5 Å². The van der Waals surface area contributed by atoms with Crippen LogP contribution in [0.15, 0.2) is 24.3 Å². The van der Waals surface area contributed by atoms with Crippen molar-refractivity contribution in [1.29, 1.82) is 0 Å². The number of amides is 4. The number of nitrogens with zero attached hydrogens (tertiary/aromatic N) is 3. The predicted octanol–water partition coefficient (Wildman–Crippen LogP) is 0.539. The van der Waals surface area contributed by atoms with Crippen molar-refractivity contribution in [2.24, 2.45) is 0 Å². The van der Waals surface area contributed by atoms with Gasteiger partial charge in [0.25, 0.3) is 0 Å². The average molecular weight is 337 g/mol. The molecule has 122 valence electrons. The van der Waals surface area contributed by atoms with Gasteiger partial charge in [0.1, 0.15) is 12.6 Å². The van der Waals surface area contributed by atoms with E-state index in [1.807, 2.05) is 6.07 Å². The second-order valence-corrected chi connectivity index (χ2v) is 6.10. The van der Waals surface area contributed by atoms with E-state index in [1.165, 1.54) is 9.80 Å². The molecule has 0 unspecified atom stereocenters. The molecule has 0 saturated carbocycles. The molecule has 1 aromatic carbocycles. The highest BCUT2D eigenvalue weighted by Gasteiger charge is 2.36. The lowest BCUT2D eigenvalue weighted by Gasteiger charge is -2.35. The third kappa shape index (κ3) is 3.10. The molecule has 2 fully saturated rings. The normalized spacial score (nSPS) is 21.7. The molecule has 2 aliphatic heterocycles. The standard InChI is InChI=1S/C15H17ClN4O3/c1-18-8-12(17-15(18)23)14(22)19-5-6-20(13(21)9-19)11-4-2-3-10(16)7-11/h2-4,7,12H,5-6,8-9H2,1H3,(H,17,23)/t12-/m1/s1. The average Bonchev–Trinajstić information content (AvgIpc) is 2.86. The van der Waals surface area contributed by atoms with Crippen LogP contribution in [-0.2, 0) is 9.59 Å². The van der Waals surface area contributed by atoms with Gasteiger partial charge in [-0.3, -0.25) is 9.59 Å². The lowest BCUT2D eigenvalue weighted by atomic mass is 10.2. The van der Waals surface area contributed by atoms with Gasteiger partial charge in [-0.2, -0.15) is 0 Å². The zero-order valence-corrected chi connectivity index (χ0v) is 13.4. The molecule has 8 heteroatoms.